The molecule has 1 aliphatic rings. The van der Waals surface area contributed by atoms with E-state index >= 15 is 0 Å². The van der Waals surface area contributed by atoms with E-state index in [2.05, 4.69) is 11.6 Å². The molecular formula is C25H29N3O6S2. The Morgan fingerprint density at radius 1 is 1.14 bits per heavy atom. The molecule has 1 saturated heterocycles. The first-order valence-electron chi connectivity index (χ1n) is 11.4. The molecule has 0 unspecified atom stereocenters. The minimum absolute atomic E-state index is 0.128. The zero-order valence-electron chi connectivity index (χ0n) is 20.6. The number of aromatic nitrogens is 1. The van der Waals surface area contributed by atoms with Gasteiger partial charge in [-0.1, -0.05) is 17.4 Å². The Bertz CT molecular complexity index is 1450. The number of ether oxygens (including phenoxy) is 3. The zero-order chi connectivity index (χ0) is 26.0. The van der Waals surface area contributed by atoms with E-state index in [1.807, 2.05) is 30.5 Å². The number of allylic oxidation sites excluding steroid dienone is 1. The second kappa shape index (κ2) is 10.6. The topological polar surface area (TPSA) is 99.4 Å². The normalized spacial score (nSPS) is 19.4. The van der Waals surface area contributed by atoms with Gasteiger partial charge in [-0.05, 0) is 38.1 Å². The zero-order valence-corrected chi connectivity index (χ0v) is 22.3. The van der Waals surface area contributed by atoms with E-state index in [-0.39, 0.29) is 35.8 Å². The van der Waals surface area contributed by atoms with E-state index in [0.29, 0.717) is 22.8 Å². The number of sulfonamides is 1. The van der Waals surface area contributed by atoms with Crippen LogP contribution < -0.4 is 14.3 Å². The molecule has 9 nitrogen and oxygen atoms in total. The summed E-state index contributed by atoms with van der Waals surface area (Å²) < 4.78 is 46.8. The number of carbonyl (C=O) groups excluding carboxylic acids is 1. The van der Waals surface area contributed by atoms with Crippen LogP contribution in [0.15, 0.2) is 58.9 Å². The summed E-state index contributed by atoms with van der Waals surface area (Å²) in [4.78, 5) is 18.0. The molecule has 1 fully saturated rings. The van der Waals surface area contributed by atoms with E-state index in [4.69, 9.17) is 14.2 Å². The Labute approximate surface area is 214 Å². The number of hydrogen-bond donors (Lipinski definition) is 0. The van der Waals surface area contributed by atoms with Gasteiger partial charge in [0.05, 0.1) is 41.5 Å². The van der Waals surface area contributed by atoms with Crippen molar-refractivity contribution in [1.82, 2.24) is 8.87 Å². The van der Waals surface area contributed by atoms with Crippen molar-refractivity contribution >= 4 is 37.5 Å². The summed E-state index contributed by atoms with van der Waals surface area (Å²) in [7, 11) is -0.574. The molecule has 0 bridgehead atoms. The SMILES string of the molecule is C=CCn1c(=NC(=O)c2ccc(S(=O)(=O)N3C[C@@H](C)O[C@@H](C)C3)cc2)sc2cc(OC)c(OC)cc21. The van der Waals surface area contributed by atoms with Crippen LogP contribution in [0.5, 0.6) is 11.5 Å². The number of nitrogens with zero attached hydrogens (tertiary/aromatic N) is 3. The highest BCUT2D eigenvalue weighted by Crippen LogP contribution is 2.33. The van der Waals surface area contributed by atoms with E-state index in [9.17, 15) is 13.2 Å². The first kappa shape index (κ1) is 26.1. The number of fused-ring (bicyclic) bond motifs is 1. The second-order valence-corrected chi connectivity index (χ2v) is 11.4. The van der Waals surface area contributed by atoms with Gasteiger partial charge in [-0.25, -0.2) is 8.42 Å². The molecule has 4 rings (SSSR count). The van der Waals surface area contributed by atoms with Crippen molar-refractivity contribution in [2.75, 3.05) is 27.3 Å². The van der Waals surface area contributed by atoms with Crippen molar-refractivity contribution in [1.29, 1.82) is 0 Å². The van der Waals surface area contributed by atoms with Gasteiger partial charge >= 0.3 is 0 Å². The molecule has 0 N–H and O–H groups in total. The van der Waals surface area contributed by atoms with Crippen molar-refractivity contribution in [3.05, 3.63) is 59.4 Å². The number of morpholine rings is 1. The molecule has 1 amide bonds. The molecule has 0 radical (unpaired) electrons. The number of thiazole rings is 1. The number of benzene rings is 2. The van der Waals surface area contributed by atoms with Gasteiger partial charge in [0, 0.05) is 37.3 Å². The Kier molecular flexibility index (Phi) is 7.65. The van der Waals surface area contributed by atoms with E-state index in [0.717, 1.165) is 10.2 Å². The lowest BCUT2D eigenvalue weighted by atomic mass is 10.2. The number of carbonyl (C=O) groups is 1. The van der Waals surface area contributed by atoms with Crippen LogP contribution in [0, 0.1) is 0 Å². The third-order valence-corrected chi connectivity index (χ3v) is 8.71. The molecule has 11 heteroatoms. The Hall–Kier alpha value is -2.99. The van der Waals surface area contributed by atoms with Gasteiger partial charge < -0.3 is 18.8 Å². The summed E-state index contributed by atoms with van der Waals surface area (Å²) in [6, 6.07) is 9.55. The molecule has 1 aliphatic heterocycles. The summed E-state index contributed by atoms with van der Waals surface area (Å²) in [5.41, 5.74) is 1.12. The largest absolute Gasteiger partial charge is 0.493 e. The highest BCUT2D eigenvalue weighted by atomic mass is 32.2. The fourth-order valence-corrected chi connectivity index (χ4v) is 6.82. The third kappa shape index (κ3) is 5.10. The van der Waals surface area contributed by atoms with Crippen molar-refractivity contribution < 1.29 is 27.4 Å². The van der Waals surface area contributed by atoms with Crippen molar-refractivity contribution in [3.8, 4) is 11.5 Å². The summed E-state index contributed by atoms with van der Waals surface area (Å²) in [5, 5.41) is 0. The second-order valence-electron chi connectivity index (χ2n) is 8.48. The number of amides is 1. The minimum atomic E-state index is -3.70. The van der Waals surface area contributed by atoms with Crippen LogP contribution in [0.25, 0.3) is 10.2 Å². The standard InChI is InChI=1S/C25H29N3O6S2/c1-6-11-28-20-12-21(32-4)22(33-5)13-23(20)35-25(28)26-24(29)18-7-9-19(10-8-18)36(30,31)27-14-16(2)34-17(3)15-27/h6-10,12-13,16-17H,1,11,14-15H2,2-5H3/t16-,17+. The smallest absolute Gasteiger partial charge is 0.279 e. The lowest BCUT2D eigenvalue weighted by molar-refractivity contribution is -0.0440. The van der Waals surface area contributed by atoms with Gasteiger partial charge in [0.2, 0.25) is 10.0 Å². The molecule has 2 heterocycles. The molecule has 36 heavy (non-hydrogen) atoms. The van der Waals surface area contributed by atoms with Crippen LogP contribution in [0.4, 0.5) is 0 Å². The van der Waals surface area contributed by atoms with Gasteiger partial charge in [0.1, 0.15) is 0 Å². The van der Waals surface area contributed by atoms with Gasteiger partial charge in [0.15, 0.2) is 16.3 Å². The maximum atomic E-state index is 13.1. The predicted molar refractivity (Wildman–Crippen MR) is 138 cm³/mol. The van der Waals surface area contributed by atoms with Gasteiger partial charge in [-0.2, -0.15) is 9.30 Å². The van der Waals surface area contributed by atoms with Crippen molar-refractivity contribution in [2.24, 2.45) is 4.99 Å². The van der Waals surface area contributed by atoms with Crippen LogP contribution in [-0.4, -0.2) is 62.7 Å². The van der Waals surface area contributed by atoms with Crippen LogP contribution in [0.1, 0.15) is 24.2 Å². The van der Waals surface area contributed by atoms with E-state index in [1.165, 1.54) is 39.9 Å². The van der Waals surface area contributed by atoms with Gasteiger partial charge in [-0.3, -0.25) is 4.79 Å². The van der Waals surface area contributed by atoms with Crippen LogP contribution in [-0.2, 0) is 21.3 Å². The summed E-state index contributed by atoms with van der Waals surface area (Å²) in [6.45, 7) is 8.52. The average Bonchev–Trinajstić information content (AvgIpc) is 3.18. The first-order valence-corrected chi connectivity index (χ1v) is 13.6. The molecule has 2 aromatic carbocycles. The molecule has 0 aliphatic carbocycles. The Morgan fingerprint density at radius 2 is 1.75 bits per heavy atom. The maximum absolute atomic E-state index is 13.1. The minimum Gasteiger partial charge on any atom is -0.493 e. The average molecular weight is 532 g/mol. The molecule has 192 valence electrons. The lowest BCUT2D eigenvalue weighted by Crippen LogP contribution is -2.48. The maximum Gasteiger partial charge on any atom is 0.279 e. The number of hydrogen-bond acceptors (Lipinski definition) is 7. The van der Waals surface area contributed by atoms with Crippen molar-refractivity contribution in [2.45, 2.75) is 37.5 Å². The Morgan fingerprint density at radius 3 is 2.33 bits per heavy atom. The molecule has 3 aromatic rings. The molecule has 0 spiro atoms. The lowest BCUT2D eigenvalue weighted by Gasteiger charge is -2.34. The van der Waals surface area contributed by atoms with E-state index < -0.39 is 15.9 Å². The third-order valence-electron chi connectivity index (χ3n) is 5.82. The fourth-order valence-electron chi connectivity index (χ4n) is 4.18. The summed E-state index contributed by atoms with van der Waals surface area (Å²) in [5.74, 6) is 0.672. The first-order chi connectivity index (χ1) is 17.2. The summed E-state index contributed by atoms with van der Waals surface area (Å²) in [6.07, 6.45) is 1.35. The molecule has 2 atom stereocenters. The van der Waals surface area contributed by atoms with Gasteiger partial charge in [-0.15, -0.1) is 6.58 Å². The van der Waals surface area contributed by atoms with E-state index in [1.54, 1.807) is 20.3 Å². The van der Waals surface area contributed by atoms with Crippen LogP contribution >= 0.6 is 11.3 Å². The predicted octanol–water partition coefficient (Wildman–Crippen LogP) is 3.45. The monoisotopic (exact) mass is 531 g/mol. The Balaban J connectivity index is 1.67. The van der Waals surface area contributed by atoms with Crippen molar-refractivity contribution in [3.63, 3.8) is 0 Å². The molecular weight excluding hydrogens is 502 g/mol. The van der Waals surface area contributed by atoms with Crippen LogP contribution in [0.3, 0.4) is 0 Å². The molecule has 1 aromatic heterocycles. The molecule has 0 saturated carbocycles. The summed E-state index contributed by atoms with van der Waals surface area (Å²) >= 11 is 1.34. The quantitative estimate of drug-likeness (QED) is 0.433. The number of methoxy groups -OCH3 is 2. The fraction of sp³-hybridized carbons (Fsp3) is 0.360. The highest BCUT2D eigenvalue weighted by molar-refractivity contribution is 7.89. The van der Waals surface area contributed by atoms with Gasteiger partial charge in [0.25, 0.3) is 5.91 Å². The number of rotatable bonds is 7. The highest BCUT2D eigenvalue weighted by Gasteiger charge is 2.32. The van der Waals surface area contributed by atoms with Crippen LogP contribution in [0.2, 0.25) is 0 Å².